The number of benzene rings is 2. The average Bonchev–Trinajstić information content (AvgIpc) is 2.89. The van der Waals surface area contributed by atoms with Crippen LogP contribution in [0, 0.1) is 6.92 Å². The molecular formula is C20H17NO4S. The molecule has 3 rings (SSSR count). The zero-order valence-corrected chi connectivity index (χ0v) is 15.1. The number of hydrogen-bond donors (Lipinski definition) is 2. The molecule has 1 aliphatic rings. The number of phenols is 1. The van der Waals surface area contributed by atoms with Crippen molar-refractivity contribution < 1.29 is 19.7 Å². The summed E-state index contributed by atoms with van der Waals surface area (Å²) in [6.07, 6.45) is 1.68. The summed E-state index contributed by atoms with van der Waals surface area (Å²) in [5, 5.41) is 20.5. The minimum absolute atomic E-state index is 0.0328. The number of phenolic OH excluding ortho intramolecular Hbond substituents is 1. The van der Waals surface area contributed by atoms with Gasteiger partial charge in [-0.3, -0.25) is 0 Å². The van der Waals surface area contributed by atoms with Crippen molar-refractivity contribution in [2.45, 2.75) is 6.92 Å². The van der Waals surface area contributed by atoms with E-state index in [1.807, 2.05) is 31.2 Å². The van der Waals surface area contributed by atoms with E-state index in [2.05, 4.69) is 4.99 Å². The number of aliphatic hydroxyl groups excluding tert-OH is 1. The van der Waals surface area contributed by atoms with Gasteiger partial charge in [0.1, 0.15) is 22.1 Å². The van der Waals surface area contributed by atoms with Crippen molar-refractivity contribution in [2.75, 3.05) is 7.11 Å². The summed E-state index contributed by atoms with van der Waals surface area (Å²) < 4.78 is 4.80. The molecule has 0 aliphatic carbocycles. The second kappa shape index (κ2) is 7.49. The number of rotatable bonds is 3. The van der Waals surface area contributed by atoms with Gasteiger partial charge in [0.25, 0.3) is 0 Å². The molecule has 0 unspecified atom stereocenters. The molecule has 0 saturated carbocycles. The van der Waals surface area contributed by atoms with Gasteiger partial charge in [-0.05, 0) is 48.4 Å². The first-order valence-corrected chi connectivity index (χ1v) is 8.66. The molecule has 0 fully saturated rings. The van der Waals surface area contributed by atoms with Gasteiger partial charge in [-0.15, -0.1) is 0 Å². The quantitative estimate of drug-likeness (QED) is 0.781. The minimum atomic E-state index is -0.652. The fourth-order valence-electron chi connectivity index (χ4n) is 2.47. The molecular weight excluding hydrogens is 350 g/mol. The molecule has 0 spiro atoms. The Morgan fingerprint density at radius 1 is 1.15 bits per heavy atom. The number of aliphatic imine (C=N–C) groups is 1. The SMILES string of the molecule is COC(=O)C1=C(O)C(=Cc2cccc(O)c2)SC1=Nc1cccc(C)c1. The van der Waals surface area contributed by atoms with Crippen molar-refractivity contribution in [3.63, 3.8) is 0 Å². The van der Waals surface area contributed by atoms with Gasteiger partial charge in [-0.2, -0.15) is 0 Å². The van der Waals surface area contributed by atoms with Gasteiger partial charge in [0.2, 0.25) is 0 Å². The molecule has 5 nitrogen and oxygen atoms in total. The third-order valence-electron chi connectivity index (χ3n) is 3.68. The molecule has 0 radical (unpaired) electrons. The smallest absolute Gasteiger partial charge is 0.344 e. The molecule has 1 heterocycles. The number of thioether (sulfide) groups is 1. The molecule has 0 aromatic heterocycles. The summed E-state index contributed by atoms with van der Waals surface area (Å²) in [4.78, 5) is 17.1. The van der Waals surface area contributed by atoms with Crippen LogP contribution < -0.4 is 0 Å². The highest BCUT2D eigenvalue weighted by molar-refractivity contribution is 8.18. The van der Waals surface area contributed by atoms with Crippen molar-refractivity contribution in [2.24, 2.45) is 4.99 Å². The van der Waals surface area contributed by atoms with Crippen LogP contribution in [0.4, 0.5) is 5.69 Å². The topological polar surface area (TPSA) is 79.1 Å². The van der Waals surface area contributed by atoms with E-state index < -0.39 is 5.97 Å². The Kier molecular flexibility index (Phi) is 5.14. The predicted octanol–water partition coefficient (Wildman–Crippen LogP) is 4.50. The second-order valence-corrected chi connectivity index (χ2v) is 6.71. The molecule has 2 N–H and O–H groups in total. The molecule has 0 amide bonds. The fraction of sp³-hybridized carbons (Fsp3) is 0.100. The Balaban J connectivity index is 2.05. The van der Waals surface area contributed by atoms with E-state index in [4.69, 9.17) is 4.74 Å². The Morgan fingerprint density at radius 2 is 1.92 bits per heavy atom. The number of hydrogen-bond acceptors (Lipinski definition) is 6. The lowest BCUT2D eigenvalue weighted by molar-refractivity contribution is -0.135. The monoisotopic (exact) mass is 367 g/mol. The van der Waals surface area contributed by atoms with E-state index >= 15 is 0 Å². The lowest BCUT2D eigenvalue weighted by Gasteiger charge is -2.02. The fourth-order valence-corrected chi connectivity index (χ4v) is 3.51. The van der Waals surface area contributed by atoms with E-state index in [0.29, 0.717) is 21.2 Å². The average molecular weight is 367 g/mol. The Hall–Kier alpha value is -2.99. The number of carbonyl (C=O) groups excluding carboxylic acids is 1. The highest BCUT2D eigenvalue weighted by Gasteiger charge is 2.32. The summed E-state index contributed by atoms with van der Waals surface area (Å²) in [6, 6.07) is 14.1. The molecule has 0 saturated heterocycles. The number of carbonyl (C=O) groups is 1. The molecule has 6 heteroatoms. The predicted molar refractivity (Wildman–Crippen MR) is 104 cm³/mol. The summed E-state index contributed by atoms with van der Waals surface area (Å²) in [6.45, 7) is 1.95. The number of methoxy groups -OCH3 is 1. The molecule has 132 valence electrons. The van der Waals surface area contributed by atoms with Crippen molar-refractivity contribution >= 4 is 34.5 Å². The van der Waals surface area contributed by atoms with Gasteiger partial charge in [-0.1, -0.05) is 36.0 Å². The van der Waals surface area contributed by atoms with Crippen molar-refractivity contribution in [3.05, 3.63) is 75.9 Å². The molecule has 2 aromatic rings. The Morgan fingerprint density at radius 3 is 2.62 bits per heavy atom. The van der Waals surface area contributed by atoms with Gasteiger partial charge in [0, 0.05) is 0 Å². The number of aryl methyl sites for hydroxylation is 1. The third-order valence-corrected chi connectivity index (χ3v) is 4.70. The van der Waals surface area contributed by atoms with Gasteiger partial charge in [0.05, 0.1) is 17.7 Å². The number of aliphatic hydroxyl groups is 1. The maximum atomic E-state index is 12.1. The van der Waals surface area contributed by atoms with Gasteiger partial charge in [0.15, 0.2) is 0 Å². The van der Waals surface area contributed by atoms with Gasteiger partial charge in [-0.25, -0.2) is 9.79 Å². The van der Waals surface area contributed by atoms with Crippen LogP contribution in [0.3, 0.4) is 0 Å². The van der Waals surface area contributed by atoms with Crippen LogP contribution in [0.5, 0.6) is 5.75 Å². The van der Waals surface area contributed by atoms with E-state index in [9.17, 15) is 15.0 Å². The van der Waals surface area contributed by atoms with E-state index in [1.54, 1.807) is 30.3 Å². The Labute approximate surface area is 155 Å². The highest BCUT2D eigenvalue weighted by atomic mass is 32.2. The van der Waals surface area contributed by atoms with Crippen LogP contribution in [0.1, 0.15) is 11.1 Å². The second-order valence-electron chi connectivity index (χ2n) is 5.68. The molecule has 2 aromatic carbocycles. The summed E-state index contributed by atoms with van der Waals surface area (Å²) in [7, 11) is 1.26. The zero-order valence-electron chi connectivity index (χ0n) is 14.3. The van der Waals surface area contributed by atoms with Crippen molar-refractivity contribution in [3.8, 4) is 5.75 Å². The van der Waals surface area contributed by atoms with Crippen LogP contribution in [0.15, 0.2) is 69.8 Å². The maximum absolute atomic E-state index is 12.1. The first kappa shape index (κ1) is 17.8. The summed E-state index contributed by atoms with van der Waals surface area (Å²) in [5.41, 5.74) is 2.45. The minimum Gasteiger partial charge on any atom is -0.508 e. The molecule has 26 heavy (non-hydrogen) atoms. The van der Waals surface area contributed by atoms with E-state index in [0.717, 1.165) is 5.56 Å². The van der Waals surface area contributed by atoms with Crippen LogP contribution in [0.25, 0.3) is 6.08 Å². The van der Waals surface area contributed by atoms with E-state index in [1.165, 1.54) is 18.9 Å². The van der Waals surface area contributed by atoms with Crippen LogP contribution >= 0.6 is 11.8 Å². The van der Waals surface area contributed by atoms with E-state index in [-0.39, 0.29) is 17.1 Å². The van der Waals surface area contributed by atoms with Gasteiger partial charge >= 0.3 is 5.97 Å². The number of nitrogens with zero attached hydrogens (tertiary/aromatic N) is 1. The van der Waals surface area contributed by atoms with Crippen molar-refractivity contribution in [1.29, 1.82) is 0 Å². The van der Waals surface area contributed by atoms with Gasteiger partial charge < -0.3 is 14.9 Å². The molecule has 0 atom stereocenters. The van der Waals surface area contributed by atoms with Crippen LogP contribution in [0.2, 0.25) is 0 Å². The molecule has 0 bridgehead atoms. The number of esters is 1. The van der Waals surface area contributed by atoms with Crippen LogP contribution in [-0.2, 0) is 9.53 Å². The standard InChI is InChI=1S/C20H17NO4S/c1-12-5-3-7-14(9-12)21-19-17(20(24)25-2)18(23)16(26-19)11-13-6-4-8-15(22)10-13/h3-11,22-23H,1-2H3. The third kappa shape index (κ3) is 3.81. The maximum Gasteiger partial charge on any atom is 0.344 e. The number of aromatic hydroxyl groups is 1. The molecule has 1 aliphatic heterocycles. The largest absolute Gasteiger partial charge is 0.508 e. The summed E-state index contributed by atoms with van der Waals surface area (Å²) in [5.74, 6) is -0.718. The van der Waals surface area contributed by atoms with Crippen LogP contribution in [-0.4, -0.2) is 28.3 Å². The lowest BCUT2D eigenvalue weighted by Crippen LogP contribution is -2.10. The zero-order chi connectivity index (χ0) is 18.7. The Bertz CT molecular complexity index is 960. The first-order valence-electron chi connectivity index (χ1n) is 7.84. The van der Waals surface area contributed by atoms with Crippen molar-refractivity contribution in [1.82, 2.24) is 0 Å². The first-order chi connectivity index (χ1) is 12.5. The summed E-state index contributed by atoms with van der Waals surface area (Å²) >= 11 is 1.18. The normalized spacial score (nSPS) is 17.2. The highest BCUT2D eigenvalue weighted by Crippen LogP contribution is 2.40. The lowest BCUT2D eigenvalue weighted by atomic mass is 10.1. The number of ether oxygens (including phenoxy) is 1.